The molecule has 14 heavy (non-hydrogen) atoms. The number of hydrogen-bond donors (Lipinski definition) is 1. The number of aryl methyl sites for hydroxylation is 1. The Labute approximate surface area is 88.3 Å². The Morgan fingerprint density at radius 2 is 2.36 bits per heavy atom. The fourth-order valence-corrected chi connectivity index (χ4v) is 2.64. The highest BCUT2D eigenvalue weighted by atomic mass is 32.1. The minimum Gasteiger partial charge on any atom is -0.343 e. The molecule has 2 N–H and O–H groups in total. The van der Waals surface area contributed by atoms with E-state index in [1.165, 1.54) is 11.5 Å². The van der Waals surface area contributed by atoms with Gasteiger partial charge in [0.25, 0.3) is 0 Å². The van der Waals surface area contributed by atoms with Gasteiger partial charge in [-0.15, -0.1) is 0 Å². The van der Waals surface area contributed by atoms with Crippen LogP contribution in [0.2, 0.25) is 0 Å². The first-order valence-electron chi connectivity index (χ1n) is 5.01. The van der Waals surface area contributed by atoms with Gasteiger partial charge in [-0.1, -0.05) is 0 Å². The Bertz CT molecular complexity index is 312. The summed E-state index contributed by atoms with van der Waals surface area (Å²) < 4.78 is 4.20. The van der Waals surface area contributed by atoms with Crippen molar-refractivity contribution >= 4 is 16.7 Å². The first-order chi connectivity index (χ1) is 6.68. The normalized spacial score (nSPS) is 28.1. The van der Waals surface area contributed by atoms with Crippen molar-refractivity contribution in [2.45, 2.75) is 38.8 Å². The summed E-state index contributed by atoms with van der Waals surface area (Å²) in [6.45, 7) is 5.15. The molecule has 0 amide bonds. The first-order valence-corrected chi connectivity index (χ1v) is 5.78. The van der Waals surface area contributed by atoms with Crippen LogP contribution in [0.15, 0.2) is 0 Å². The molecule has 2 rings (SSSR count). The molecule has 0 bridgehead atoms. The second-order valence-corrected chi connectivity index (χ2v) is 4.59. The monoisotopic (exact) mass is 212 g/mol. The van der Waals surface area contributed by atoms with E-state index in [1.807, 2.05) is 6.92 Å². The van der Waals surface area contributed by atoms with Crippen molar-refractivity contribution in [1.82, 2.24) is 9.36 Å². The van der Waals surface area contributed by atoms with Gasteiger partial charge in [-0.2, -0.15) is 4.37 Å². The smallest absolute Gasteiger partial charge is 0.205 e. The predicted molar refractivity (Wildman–Crippen MR) is 58.7 cm³/mol. The molecule has 0 radical (unpaired) electrons. The van der Waals surface area contributed by atoms with E-state index in [0.717, 1.165) is 30.3 Å². The average molecular weight is 212 g/mol. The van der Waals surface area contributed by atoms with Crippen molar-refractivity contribution < 1.29 is 0 Å². The number of rotatable bonds is 1. The number of aromatic nitrogens is 2. The summed E-state index contributed by atoms with van der Waals surface area (Å²) >= 11 is 1.47. The molecular weight excluding hydrogens is 196 g/mol. The van der Waals surface area contributed by atoms with Gasteiger partial charge in [0.05, 0.1) is 0 Å². The van der Waals surface area contributed by atoms with Gasteiger partial charge in [-0.3, -0.25) is 0 Å². The highest BCUT2D eigenvalue weighted by Crippen LogP contribution is 2.25. The second kappa shape index (κ2) is 3.82. The molecule has 0 saturated carbocycles. The van der Waals surface area contributed by atoms with E-state index in [-0.39, 0.29) is 6.04 Å². The molecule has 5 heteroatoms. The maximum absolute atomic E-state index is 6.03. The van der Waals surface area contributed by atoms with Crippen molar-refractivity contribution in [2.24, 2.45) is 5.73 Å². The number of nitrogens with two attached hydrogens (primary N) is 1. The van der Waals surface area contributed by atoms with Crippen molar-refractivity contribution in [3.8, 4) is 0 Å². The zero-order valence-corrected chi connectivity index (χ0v) is 9.42. The van der Waals surface area contributed by atoms with Gasteiger partial charge in [0, 0.05) is 30.2 Å². The summed E-state index contributed by atoms with van der Waals surface area (Å²) in [5, 5.41) is 1.02. The summed E-state index contributed by atoms with van der Waals surface area (Å²) in [6, 6.07) is 0.657. The van der Waals surface area contributed by atoms with Crippen molar-refractivity contribution in [2.75, 3.05) is 11.4 Å². The molecule has 1 aromatic heterocycles. The first kappa shape index (κ1) is 9.86. The van der Waals surface area contributed by atoms with Crippen molar-refractivity contribution in [3.63, 3.8) is 0 Å². The highest BCUT2D eigenvalue weighted by Gasteiger charge is 2.27. The molecule has 1 saturated heterocycles. The molecule has 1 aliphatic heterocycles. The third kappa shape index (κ3) is 1.74. The topological polar surface area (TPSA) is 55.0 Å². The minimum atomic E-state index is 0.271. The molecule has 4 nitrogen and oxygen atoms in total. The van der Waals surface area contributed by atoms with Crippen LogP contribution in [0.4, 0.5) is 5.13 Å². The summed E-state index contributed by atoms with van der Waals surface area (Å²) in [4.78, 5) is 6.67. The maximum atomic E-state index is 6.03. The lowest BCUT2D eigenvalue weighted by Crippen LogP contribution is -2.50. The van der Waals surface area contributed by atoms with Gasteiger partial charge in [-0.25, -0.2) is 4.98 Å². The third-order valence-electron chi connectivity index (χ3n) is 2.81. The summed E-state index contributed by atoms with van der Waals surface area (Å²) in [6.07, 6.45) is 2.28. The molecule has 1 aromatic rings. The molecule has 78 valence electrons. The summed E-state index contributed by atoms with van der Waals surface area (Å²) in [5.74, 6) is 0.858. The number of hydrogen-bond acceptors (Lipinski definition) is 5. The van der Waals surface area contributed by atoms with E-state index in [0.29, 0.717) is 6.04 Å². The lowest BCUT2D eigenvalue weighted by molar-refractivity contribution is 0.420. The molecule has 2 atom stereocenters. The molecule has 1 fully saturated rings. The van der Waals surface area contributed by atoms with E-state index >= 15 is 0 Å². The lowest BCUT2D eigenvalue weighted by atomic mass is 9.99. The van der Waals surface area contributed by atoms with Gasteiger partial charge in [0.15, 0.2) is 0 Å². The quantitative estimate of drug-likeness (QED) is 0.759. The van der Waals surface area contributed by atoms with Crippen LogP contribution >= 0.6 is 11.5 Å². The van der Waals surface area contributed by atoms with Gasteiger partial charge >= 0.3 is 0 Å². The number of nitrogens with zero attached hydrogens (tertiary/aromatic N) is 3. The molecule has 0 aliphatic carbocycles. The van der Waals surface area contributed by atoms with E-state index in [2.05, 4.69) is 21.2 Å². The molecule has 2 unspecified atom stereocenters. The van der Waals surface area contributed by atoms with Crippen LogP contribution in [-0.2, 0) is 0 Å². The Balaban J connectivity index is 2.17. The number of anilines is 1. The summed E-state index contributed by atoms with van der Waals surface area (Å²) in [7, 11) is 0. The average Bonchev–Trinajstić information content (AvgIpc) is 2.57. The van der Waals surface area contributed by atoms with Crippen LogP contribution in [0.25, 0.3) is 0 Å². The zero-order valence-electron chi connectivity index (χ0n) is 8.60. The zero-order chi connectivity index (χ0) is 10.1. The van der Waals surface area contributed by atoms with E-state index in [4.69, 9.17) is 5.73 Å². The Morgan fingerprint density at radius 3 is 3.00 bits per heavy atom. The fraction of sp³-hybridized carbons (Fsp3) is 0.778. The van der Waals surface area contributed by atoms with Crippen LogP contribution < -0.4 is 10.6 Å². The van der Waals surface area contributed by atoms with Crippen LogP contribution in [-0.4, -0.2) is 28.0 Å². The third-order valence-corrected chi connectivity index (χ3v) is 3.65. The molecule has 1 aliphatic rings. The maximum Gasteiger partial charge on any atom is 0.205 e. The van der Waals surface area contributed by atoms with Gasteiger partial charge in [0.2, 0.25) is 5.13 Å². The lowest BCUT2D eigenvalue weighted by Gasteiger charge is -2.37. The van der Waals surface area contributed by atoms with Crippen LogP contribution in [0.5, 0.6) is 0 Å². The van der Waals surface area contributed by atoms with Gasteiger partial charge in [0.1, 0.15) is 5.82 Å². The molecule has 0 spiro atoms. The second-order valence-electron chi connectivity index (χ2n) is 3.86. The van der Waals surface area contributed by atoms with Crippen LogP contribution in [0, 0.1) is 6.92 Å². The van der Waals surface area contributed by atoms with E-state index in [9.17, 15) is 0 Å². The SMILES string of the molecule is Cc1nsc(N2CCCC(N)C2C)n1. The van der Waals surface area contributed by atoms with Crippen molar-refractivity contribution in [1.29, 1.82) is 0 Å². The molecule has 2 heterocycles. The van der Waals surface area contributed by atoms with Crippen LogP contribution in [0.1, 0.15) is 25.6 Å². The largest absolute Gasteiger partial charge is 0.343 e. The summed E-state index contributed by atoms with van der Waals surface area (Å²) in [5.41, 5.74) is 6.03. The fourth-order valence-electron chi connectivity index (χ4n) is 1.85. The molecular formula is C9H16N4S. The number of piperidine rings is 1. The van der Waals surface area contributed by atoms with E-state index in [1.54, 1.807) is 0 Å². The Kier molecular flexibility index (Phi) is 2.69. The minimum absolute atomic E-state index is 0.271. The Morgan fingerprint density at radius 1 is 1.57 bits per heavy atom. The standard InChI is InChI=1S/C9H16N4S/c1-6-8(10)4-3-5-13(6)9-11-7(2)12-14-9/h6,8H,3-5,10H2,1-2H3. The van der Waals surface area contributed by atoms with Crippen molar-refractivity contribution in [3.05, 3.63) is 5.82 Å². The van der Waals surface area contributed by atoms with Gasteiger partial charge in [-0.05, 0) is 26.7 Å². The highest BCUT2D eigenvalue weighted by molar-refractivity contribution is 7.09. The predicted octanol–water partition coefficient (Wildman–Crippen LogP) is 1.16. The van der Waals surface area contributed by atoms with Gasteiger partial charge < -0.3 is 10.6 Å². The Hall–Kier alpha value is -0.680. The van der Waals surface area contributed by atoms with E-state index < -0.39 is 0 Å². The van der Waals surface area contributed by atoms with Crippen LogP contribution in [0.3, 0.4) is 0 Å². The molecule has 0 aromatic carbocycles.